The number of urea groups is 1. The van der Waals surface area contributed by atoms with Crippen LogP contribution in [0.2, 0.25) is 5.02 Å². The number of rotatable bonds is 14. The van der Waals surface area contributed by atoms with Crippen LogP contribution in [0.5, 0.6) is 23.0 Å². The number of hydrazone groups is 1. The van der Waals surface area contributed by atoms with Crippen molar-refractivity contribution >= 4 is 52.4 Å². The van der Waals surface area contributed by atoms with Crippen molar-refractivity contribution in [2.24, 2.45) is 5.10 Å². The van der Waals surface area contributed by atoms with Crippen molar-refractivity contribution in [3.05, 3.63) is 91.2 Å². The highest BCUT2D eigenvalue weighted by Crippen LogP contribution is 2.36. The monoisotopic (exact) mass is 764 g/mol. The third kappa shape index (κ3) is 8.73. The first kappa shape index (κ1) is 34.7. The molecule has 0 bridgehead atoms. The minimum absolute atomic E-state index is 0.182. The van der Waals surface area contributed by atoms with E-state index in [1.807, 2.05) is 37.3 Å². The molecule has 0 spiro atoms. The van der Waals surface area contributed by atoms with Gasteiger partial charge in [0, 0.05) is 25.4 Å². The number of carbonyl (C=O) groups excluding carboxylic acids is 2. The van der Waals surface area contributed by atoms with Crippen LogP contribution >= 0.6 is 34.2 Å². The predicted molar refractivity (Wildman–Crippen MR) is 180 cm³/mol. The average molecular weight is 765 g/mol. The number of methoxy groups -OCH3 is 2. The number of hydrogen-bond donors (Lipinski definition) is 4. The largest absolute Gasteiger partial charge is 0.493 e. The quantitative estimate of drug-likeness (QED) is 0.0582. The van der Waals surface area contributed by atoms with Crippen molar-refractivity contribution in [3.63, 3.8) is 0 Å². The summed E-state index contributed by atoms with van der Waals surface area (Å²) in [5, 5.41) is 20.7. The molecular formula is C32H34ClIN4O8. The Morgan fingerprint density at radius 3 is 2.61 bits per heavy atom. The minimum atomic E-state index is -1.19. The summed E-state index contributed by atoms with van der Waals surface area (Å²) in [4.78, 5) is 24.7. The molecule has 244 valence electrons. The van der Waals surface area contributed by atoms with Crippen LogP contribution < -0.4 is 35.0 Å². The average Bonchev–Trinajstić information content (AvgIpc) is 3.03. The Labute approximate surface area is 285 Å². The Morgan fingerprint density at radius 2 is 1.89 bits per heavy atom. The molecule has 0 fully saturated rings. The number of nitrogens with one attached hydrogen (secondary N) is 3. The summed E-state index contributed by atoms with van der Waals surface area (Å²) in [5.74, 6) is 1.10. The maximum absolute atomic E-state index is 12.5. The van der Waals surface area contributed by atoms with E-state index in [1.54, 1.807) is 38.3 Å². The molecule has 1 heterocycles. The Morgan fingerprint density at radius 1 is 1.11 bits per heavy atom. The molecule has 0 aliphatic carbocycles. The summed E-state index contributed by atoms with van der Waals surface area (Å²) in [6, 6.07) is 14.9. The minimum Gasteiger partial charge on any atom is -0.493 e. The van der Waals surface area contributed by atoms with E-state index in [0.717, 1.165) is 9.13 Å². The van der Waals surface area contributed by atoms with Gasteiger partial charge in [0.1, 0.15) is 13.2 Å². The van der Waals surface area contributed by atoms with E-state index in [4.69, 9.17) is 35.3 Å². The van der Waals surface area contributed by atoms with Crippen LogP contribution in [0.25, 0.3) is 0 Å². The third-order valence-electron chi connectivity index (χ3n) is 6.70. The summed E-state index contributed by atoms with van der Waals surface area (Å²) in [6.07, 6.45) is 0.320. The fourth-order valence-corrected chi connectivity index (χ4v) is 5.38. The number of nitrogens with zero attached hydrogens (tertiary/aromatic N) is 1. The summed E-state index contributed by atoms with van der Waals surface area (Å²) in [5.41, 5.74) is 5.30. The number of carbonyl (C=O) groups is 2. The van der Waals surface area contributed by atoms with Crippen molar-refractivity contribution in [1.29, 1.82) is 0 Å². The Bertz CT molecular complexity index is 1630. The van der Waals surface area contributed by atoms with Crippen molar-refractivity contribution in [2.45, 2.75) is 32.7 Å². The SMILES string of the molecule is CCOc1cc([C@H]2NC(=O)NC(C)=C2C(=O)OC)ccc1OC[C@@H](O)N/N=C/c1cc(I)cc(OC)c1OCc1ccccc1Cl. The molecule has 0 unspecified atom stereocenters. The fraction of sp³-hybridized carbons (Fsp3) is 0.281. The van der Waals surface area contributed by atoms with E-state index in [1.165, 1.54) is 13.3 Å². The van der Waals surface area contributed by atoms with Crippen LogP contribution in [0.15, 0.2) is 71.0 Å². The topological polar surface area (TPSA) is 149 Å². The van der Waals surface area contributed by atoms with Crippen LogP contribution in [-0.4, -0.2) is 57.0 Å². The number of aliphatic hydroxyl groups is 1. The second-order valence-corrected chi connectivity index (χ2v) is 11.5. The van der Waals surface area contributed by atoms with Crippen LogP contribution in [0.4, 0.5) is 4.79 Å². The molecule has 3 aromatic rings. The zero-order valence-electron chi connectivity index (χ0n) is 25.6. The molecule has 1 aliphatic heterocycles. The molecule has 12 nitrogen and oxygen atoms in total. The van der Waals surface area contributed by atoms with Gasteiger partial charge in [-0.3, -0.25) is 5.43 Å². The highest BCUT2D eigenvalue weighted by Gasteiger charge is 2.32. The van der Waals surface area contributed by atoms with Gasteiger partial charge in [-0.15, -0.1) is 0 Å². The number of esters is 1. The standard InChI is InChI=1S/C32H34ClIN4O8/c1-5-44-25-13-19(29-28(31(40)43-4)18(2)36-32(41)37-29)10-11-24(25)45-17-27(39)38-35-15-21-12-22(34)14-26(42-3)30(21)46-16-20-8-6-7-9-23(20)33/h6-15,27,29,38-39H,5,16-17H2,1-4H3,(H2,36,37,41)/b35-15+/t27-,29-/m1/s1. The summed E-state index contributed by atoms with van der Waals surface area (Å²) >= 11 is 8.46. The van der Waals surface area contributed by atoms with E-state index >= 15 is 0 Å². The molecule has 14 heteroatoms. The molecule has 2 amide bonds. The predicted octanol–water partition coefficient (Wildman–Crippen LogP) is 5.05. The lowest BCUT2D eigenvalue weighted by Gasteiger charge is -2.28. The van der Waals surface area contributed by atoms with Gasteiger partial charge in [-0.25, -0.2) is 9.59 Å². The highest BCUT2D eigenvalue weighted by atomic mass is 127. The van der Waals surface area contributed by atoms with Gasteiger partial charge in [0.15, 0.2) is 29.2 Å². The van der Waals surface area contributed by atoms with E-state index in [0.29, 0.717) is 51.5 Å². The molecule has 0 saturated heterocycles. The van der Waals surface area contributed by atoms with E-state index in [-0.39, 0.29) is 18.8 Å². The van der Waals surface area contributed by atoms with E-state index in [2.05, 4.69) is 43.8 Å². The molecule has 0 radical (unpaired) electrons. The van der Waals surface area contributed by atoms with Crippen molar-refractivity contribution < 1.29 is 38.4 Å². The zero-order valence-corrected chi connectivity index (χ0v) is 28.5. The van der Waals surface area contributed by atoms with Crippen molar-refractivity contribution in [3.8, 4) is 23.0 Å². The van der Waals surface area contributed by atoms with E-state index < -0.39 is 24.3 Å². The number of aliphatic hydroxyl groups excluding tert-OH is 1. The second-order valence-electron chi connectivity index (χ2n) is 9.82. The number of hydrogen-bond acceptors (Lipinski definition) is 10. The Kier molecular flexibility index (Phi) is 12.3. The third-order valence-corrected chi connectivity index (χ3v) is 7.69. The normalized spacial score (nSPS) is 15.1. The van der Waals surface area contributed by atoms with Crippen LogP contribution in [0.1, 0.15) is 36.6 Å². The Balaban J connectivity index is 1.45. The lowest BCUT2D eigenvalue weighted by molar-refractivity contribution is -0.136. The first-order valence-electron chi connectivity index (χ1n) is 14.1. The summed E-state index contributed by atoms with van der Waals surface area (Å²) in [7, 11) is 2.82. The molecule has 46 heavy (non-hydrogen) atoms. The van der Waals surface area contributed by atoms with Crippen LogP contribution in [0, 0.1) is 3.57 Å². The lowest BCUT2D eigenvalue weighted by Crippen LogP contribution is -2.45. The summed E-state index contributed by atoms with van der Waals surface area (Å²) in [6.45, 7) is 3.79. The Hall–Kier alpha value is -4.21. The van der Waals surface area contributed by atoms with Crippen LogP contribution in [-0.2, 0) is 16.1 Å². The fourth-order valence-electron chi connectivity index (χ4n) is 4.57. The summed E-state index contributed by atoms with van der Waals surface area (Å²) < 4.78 is 29.0. The zero-order chi connectivity index (χ0) is 33.2. The van der Waals surface area contributed by atoms with Gasteiger partial charge < -0.3 is 39.4 Å². The number of benzene rings is 3. The number of amides is 2. The maximum Gasteiger partial charge on any atom is 0.337 e. The molecule has 1 aliphatic rings. The van der Waals surface area contributed by atoms with Crippen LogP contribution in [0.3, 0.4) is 0 Å². The molecule has 0 saturated carbocycles. The van der Waals surface area contributed by atoms with Gasteiger partial charge in [0.25, 0.3) is 0 Å². The number of halogens is 2. The molecule has 4 rings (SSSR count). The molecular weight excluding hydrogens is 731 g/mol. The van der Waals surface area contributed by atoms with Crippen molar-refractivity contribution in [2.75, 3.05) is 27.4 Å². The molecule has 0 aromatic heterocycles. The van der Waals surface area contributed by atoms with Gasteiger partial charge in [-0.2, -0.15) is 5.10 Å². The smallest absolute Gasteiger partial charge is 0.337 e. The maximum atomic E-state index is 12.5. The molecule has 2 atom stereocenters. The highest BCUT2D eigenvalue weighted by molar-refractivity contribution is 14.1. The van der Waals surface area contributed by atoms with E-state index in [9.17, 15) is 14.7 Å². The second kappa shape index (κ2) is 16.4. The first-order valence-corrected chi connectivity index (χ1v) is 15.6. The first-order chi connectivity index (χ1) is 22.1. The number of allylic oxidation sites excluding steroid dienone is 1. The lowest BCUT2D eigenvalue weighted by atomic mass is 9.95. The van der Waals surface area contributed by atoms with Gasteiger partial charge in [0.05, 0.1) is 38.7 Å². The number of ether oxygens (including phenoxy) is 5. The molecule has 4 N–H and O–H groups in total. The van der Waals surface area contributed by atoms with Gasteiger partial charge in [-0.05, 0) is 72.3 Å². The van der Waals surface area contributed by atoms with Gasteiger partial charge in [-0.1, -0.05) is 35.9 Å². The van der Waals surface area contributed by atoms with Gasteiger partial charge >= 0.3 is 12.0 Å². The van der Waals surface area contributed by atoms with Gasteiger partial charge in [0.2, 0.25) is 0 Å². The molecule has 3 aromatic carbocycles. The van der Waals surface area contributed by atoms with Crippen molar-refractivity contribution in [1.82, 2.24) is 16.1 Å².